The summed E-state index contributed by atoms with van der Waals surface area (Å²) in [5.41, 5.74) is 6.10. The summed E-state index contributed by atoms with van der Waals surface area (Å²) in [7, 11) is 0. The first kappa shape index (κ1) is 16.5. The van der Waals surface area contributed by atoms with Crippen LogP contribution in [0.5, 0.6) is 5.75 Å². The summed E-state index contributed by atoms with van der Waals surface area (Å²) < 4.78 is 5.60. The van der Waals surface area contributed by atoms with E-state index >= 15 is 0 Å². The fourth-order valence-electron chi connectivity index (χ4n) is 1.89. The monoisotopic (exact) mass is 275 g/mol. The number of ether oxygens (including phenoxy) is 1. The molecule has 0 saturated heterocycles. The van der Waals surface area contributed by atoms with Crippen LogP contribution in [0.15, 0.2) is 24.3 Å². The van der Waals surface area contributed by atoms with Crippen molar-refractivity contribution in [2.45, 2.75) is 32.1 Å². The molecule has 0 radical (unpaired) electrons. The van der Waals surface area contributed by atoms with Crippen LogP contribution in [0.1, 0.15) is 37.7 Å². The molecule has 0 atom stereocenters. The number of nitriles is 1. The van der Waals surface area contributed by atoms with E-state index in [-0.39, 0.29) is 0 Å². The molecule has 0 amide bonds. The van der Waals surface area contributed by atoms with E-state index in [1.54, 1.807) is 12.1 Å². The second-order valence-electron chi connectivity index (χ2n) is 4.79. The lowest BCUT2D eigenvalue weighted by atomic mass is 10.2. The molecular weight excluding hydrogens is 250 g/mol. The number of nitrogens with zero attached hydrogens (tertiary/aromatic N) is 1. The third-order valence-electron chi connectivity index (χ3n) is 3.06. The molecule has 110 valence electrons. The first-order valence-electron chi connectivity index (χ1n) is 7.40. The minimum Gasteiger partial charge on any atom is -0.494 e. The van der Waals surface area contributed by atoms with Gasteiger partial charge in [-0.15, -0.1) is 0 Å². The largest absolute Gasteiger partial charge is 0.494 e. The van der Waals surface area contributed by atoms with Crippen molar-refractivity contribution in [2.24, 2.45) is 5.73 Å². The molecule has 1 aromatic carbocycles. The van der Waals surface area contributed by atoms with E-state index in [2.05, 4.69) is 11.4 Å². The third-order valence-corrected chi connectivity index (χ3v) is 3.06. The summed E-state index contributed by atoms with van der Waals surface area (Å²) in [6.07, 6.45) is 5.84. The van der Waals surface area contributed by atoms with Crippen molar-refractivity contribution in [3.05, 3.63) is 29.8 Å². The Bertz CT molecular complexity index is 384. The van der Waals surface area contributed by atoms with Gasteiger partial charge in [-0.3, -0.25) is 0 Å². The summed E-state index contributed by atoms with van der Waals surface area (Å²) in [6, 6.07) is 9.31. The maximum Gasteiger partial charge on any atom is 0.119 e. The standard InChI is InChI=1S/C16H25N3O/c17-10-3-1-2-4-11-19-12-5-13-20-16-8-6-15(14-18)7-9-16/h6-9,19H,1-5,10-13,17H2. The quantitative estimate of drug-likeness (QED) is 0.608. The molecule has 1 rings (SSSR count). The van der Waals surface area contributed by atoms with Gasteiger partial charge in [0.1, 0.15) is 5.75 Å². The number of nitrogens with one attached hydrogen (secondary N) is 1. The van der Waals surface area contributed by atoms with Crippen LogP contribution in [0, 0.1) is 11.3 Å². The van der Waals surface area contributed by atoms with Gasteiger partial charge in [-0.1, -0.05) is 12.8 Å². The molecule has 0 aliphatic rings. The van der Waals surface area contributed by atoms with Crippen LogP contribution in [0.25, 0.3) is 0 Å². The topological polar surface area (TPSA) is 71.1 Å². The van der Waals surface area contributed by atoms with Crippen molar-refractivity contribution in [3.63, 3.8) is 0 Å². The molecule has 0 heterocycles. The lowest BCUT2D eigenvalue weighted by Crippen LogP contribution is -2.18. The normalized spacial score (nSPS) is 10.2. The SMILES string of the molecule is N#Cc1ccc(OCCCNCCCCCCN)cc1. The predicted octanol–water partition coefficient (Wildman–Crippen LogP) is 2.44. The molecule has 0 fully saturated rings. The van der Waals surface area contributed by atoms with Crippen LogP contribution in [0.4, 0.5) is 0 Å². The molecule has 0 saturated carbocycles. The lowest BCUT2D eigenvalue weighted by Gasteiger charge is -2.07. The van der Waals surface area contributed by atoms with Crippen molar-refractivity contribution >= 4 is 0 Å². The first-order valence-corrected chi connectivity index (χ1v) is 7.40. The molecular formula is C16H25N3O. The van der Waals surface area contributed by atoms with Crippen LogP contribution in [0.3, 0.4) is 0 Å². The average molecular weight is 275 g/mol. The van der Waals surface area contributed by atoms with Crippen LogP contribution < -0.4 is 15.8 Å². The Hall–Kier alpha value is -1.57. The molecule has 1 aromatic rings. The van der Waals surface area contributed by atoms with Gasteiger partial charge in [-0.05, 0) is 63.2 Å². The Labute approximate surface area is 121 Å². The van der Waals surface area contributed by atoms with Gasteiger partial charge in [0.15, 0.2) is 0 Å². The van der Waals surface area contributed by atoms with Gasteiger partial charge in [0.2, 0.25) is 0 Å². The highest BCUT2D eigenvalue weighted by Gasteiger charge is 1.95. The summed E-state index contributed by atoms with van der Waals surface area (Å²) in [5.74, 6) is 0.825. The molecule has 0 spiro atoms. The zero-order valence-electron chi connectivity index (χ0n) is 12.1. The minimum absolute atomic E-state index is 0.661. The fourth-order valence-corrected chi connectivity index (χ4v) is 1.89. The molecule has 0 aromatic heterocycles. The van der Waals surface area contributed by atoms with E-state index in [0.29, 0.717) is 12.2 Å². The molecule has 0 unspecified atom stereocenters. The number of rotatable bonds is 11. The molecule has 4 heteroatoms. The first-order chi connectivity index (χ1) is 9.86. The molecule has 20 heavy (non-hydrogen) atoms. The number of nitrogens with two attached hydrogens (primary N) is 1. The zero-order chi connectivity index (χ0) is 14.5. The number of hydrogen-bond donors (Lipinski definition) is 2. The smallest absolute Gasteiger partial charge is 0.119 e. The Kier molecular flexibility index (Phi) is 9.29. The predicted molar refractivity (Wildman–Crippen MR) is 81.7 cm³/mol. The van der Waals surface area contributed by atoms with E-state index in [0.717, 1.165) is 38.2 Å². The van der Waals surface area contributed by atoms with Crippen molar-refractivity contribution in [2.75, 3.05) is 26.2 Å². The number of benzene rings is 1. The van der Waals surface area contributed by atoms with Crippen LogP contribution >= 0.6 is 0 Å². The summed E-state index contributed by atoms with van der Waals surface area (Å²) in [6.45, 7) is 3.56. The van der Waals surface area contributed by atoms with Crippen LogP contribution in [0.2, 0.25) is 0 Å². The van der Waals surface area contributed by atoms with Gasteiger partial charge in [0, 0.05) is 0 Å². The second-order valence-corrected chi connectivity index (χ2v) is 4.79. The van der Waals surface area contributed by atoms with E-state index in [9.17, 15) is 0 Å². The van der Waals surface area contributed by atoms with Gasteiger partial charge in [0.05, 0.1) is 18.2 Å². The Morgan fingerprint density at radius 3 is 2.40 bits per heavy atom. The average Bonchev–Trinajstić information content (AvgIpc) is 2.50. The molecule has 0 aliphatic heterocycles. The highest BCUT2D eigenvalue weighted by atomic mass is 16.5. The Morgan fingerprint density at radius 2 is 1.70 bits per heavy atom. The van der Waals surface area contributed by atoms with Gasteiger partial charge in [-0.2, -0.15) is 5.26 Å². The number of hydrogen-bond acceptors (Lipinski definition) is 4. The van der Waals surface area contributed by atoms with Gasteiger partial charge in [-0.25, -0.2) is 0 Å². The van der Waals surface area contributed by atoms with Crippen molar-refractivity contribution in [3.8, 4) is 11.8 Å². The lowest BCUT2D eigenvalue weighted by molar-refractivity contribution is 0.308. The van der Waals surface area contributed by atoms with Gasteiger partial charge in [0.25, 0.3) is 0 Å². The van der Waals surface area contributed by atoms with Crippen molar-refractivity contribution in [1.82, 2.24) is 5.32 Å². The molecule has 0 aliphatic carbocycles. The van der Waals surface area contributed by atoms with Gasteiger partial charge >= 0.3 is 0 Å². The molecule has 4 nitrogen and oxygen atoms in total. The minimum atomic E-state index is 0.661. The second kappa shape index (κ2) is 11.3. The zero-order valence-corrected chi connectivity index (χ0v) is 12.1. The Balaban J connectivity index is 1.93. The fraction of sp³-hybridized carbons (Fsp3) is 0.562. The third kappa shape index (κ3) is 7.78. The maximum absolute atomic E-state index is 8.69. The van der Waals surface area contributed by atoms with E-state index in [1.807, 2.05) is 12.1 Å². The van der Waals surface area contributed by atoms with E-state index < -0.39 is 0 Å². The van der Waals surface area contributed by atoms with Crippen molar-refractivity contribution in [1.29, 1.82) is 5.26 Å². The van der Waals surface area contributed by atoms with Crippen LogP contribution in [-0.2, 0) is 0 Å². The number of unbranched alkanes of at least 4 members (excludes halogenated alkanes) is 3. The summed E-state index contributed by atoms with van der Waals surface area (Å²) in [5, 5.41) is 12.1. The highest BCUT2D eigenvalue weighted by Crippen LogP contribution is 2.11. The molecule has 0 bridgehead atoms. The van der Waals surface area contributed by atoms with Crippen molar-refractivity contribution < 1.29 is 4.74 Å². The van der Waals surface area contributed by atoms with E-state index in [4.69, 9.17) is 15.7 Å². The highest BCUT2D eigenvalue weighted by molar-refractivity contribution is 5.34. The summed E-state index contributed by atoms with van der Waals surface area (Å²) >= 11 is 0. The maximum atomic E-state index is 8.69. The van der Waals surface area contributed by atoms with Gasteiger partial charge < -0.3 is 15.8 Å². The summed E-state index contributed by atoms with van der Waals surface area (Å²) in [4.78, 5) is 0. The Morgan fingerprint density at radius 1 is 1.00 bits per heavy atom. The van der Waals surface area contributed by atoms with E-state index in [1.165, 1.54) is 19.3 Å². The van der Waals surface area contributed by atoms with Crippen LogP contribution in [-0.4, -0.2) is 26.2 Å². The molecule has 3 N–H and O–H groups in total.